The molecule has 0 atom stereocenters. The summed E-state index contributed by atoms with van der Waals surface area (Å²) in [6.07, 6.45) is 3.42. The van der Waals surface area contributed by atoms with E-state index in [1.165, 1.54) is 12.1 Å². The number of hydrogen-bond acceptors (Lipinski definition) is 2. The predicted molar refractivity (Wildman–Crippen MR) is 68.3 cm³/mol. The maximum atomic E-state index is 13.2. The van der Waals surface area contributed by atoms with Gasteiger partial charge in [-0.2, -0.15) is 0 Å². The van der Waals surface area contributed by atoms with Crippen molar-refractivity contribution in [2.75, 3.05) is 11.9 Å². The summed E-state index contributed by atoms with van der Waals surface area (Å²) in [6.45, 7) is 0. The van der Waals surface area contributed by atoms with Gasteiger partial charge in [0, 0.05) is 24.8 Å². The normalized spacial score (nSPS) is 10.3. The molecule has 0 N–H and O–H groups in total. The van der Waals surface area contributed by atoms with E-state index in [9.17, 15) is 4.39 Å². The van der Waals surface area contributed by atoms with Crippen LogP contribution in [-0.2, 0) is 5.88 Å². The van der Waals surface area contributed by atoms with Crippen LogP contribution in [0.5, 0.6) is 0 Å². The first kappa shape index (κ1) is 11.9. The van der Waals surface area contributed by atoms with Crippen LogP contribution in [0.4, 0.5) is 15.8 Å². The molecule has 1 aromatic carbocycles. The molecule has 0 bridgehead atoms. The van der Waals surface area contributed by atoms with Crippen LogP contribution in [0, 0.1) is 5.82 Å². The molecule has 2 rings (SSSR count). The molecule has 1 aromatic heterocycles. The smallest absolute Gasteiger partial charge is 0.125 e. The van der Waals surface area contributed by atoms with Crippen LogP contribution in [0.1, 0.15) is 5.56 Å². The van der Waals surface area contributed by atoms with Crippen molar-refractivity contribution in [3.05, 3.63) is 54.1 Å². The largest absolute Gasteiger partial charge is 0.343 e. The summed E-state index contributed by atoms with van der Waals surface area (Å²) in [7, 11) is 1.86. The molecule has 4 heteroatoms. The lowest BCUT2D eigenvalue weighted by Crippen LogP contribution is -2.11. The number of anilines is 2. The Balaban J connectivity index is 2.40. The van der Waals surface area contributed by atoms with E-state index in [1.807, 2.05) is 24.1 Å². The van der Waals surface area contributed by atoms with Gasteiger partial charge in [0.25, 0.3) is 0 Å². The molecule has 17 heavy (non-hydrogen) atoms. The number of alkyl halides is 1. The standard InChI is InChI=1S/C13H12ClFN2/c1-17(12-4-2-3-11(15)7-12)13-9-16-6-5-10(13)8-14/h2-7,9H,8H2,1H3. The van der Waals surface area contributed by atoms with Crippen molar-refractivity contribution in [1.82, 2.24) is 4.98 Å². The molecule has 2 nitrogen and oxygen atoms in total. The lowest BCUT2D eigenvalue weighted by atomic mass is 10.2. The van der Waals surface area contributed by atoms with Crippen molar-refractivity contribution in [2.45, 2.75) is 5.88 Å². The van der Waals surface area contributed by atoms with Crippen LogP contribution < -0.4 is 4.90 Å². The second-order valence-corrected chi connectivity index (χ2v) is 3.94. The molecule has 1 heterocycles. The number of aromatic nitrogens is 1. The van der Waals surface area contributed by atoms with Crippen molar-refractivity contribution in [3.8, 4) is 0 Å². The fourth-order valence-corrected chi connectivity index (χ4v) is 1.88. The zero-order valence-electron chi connectivity index (χ0n) is 9.40. The molecule has 0 saturated carbocycles. The molecular weight excluding hydrogens is 239 g/mol. The van der Waals surface area contributed by atoms with Crippen molar-refractivity contribution >= 4 is 23.0 Å². The number of benzene rings is 1. The Morgan fingerprint density at radius 1 is 1.35 bits per heavy atom. The van der Waals surface area contributed by atoms with E-state index in [2.05, 4.69) is 4.98 Å². The zero-order valence-corrected chi connectivity index (χ0v) is 10.2. The van der Waals surface area contributed by atoms with E-state index in [0.717, 1.165) is 16.9 Å². The van der Waals surface area contributed by atoms with Crippen LogP contribution in [0.25, 0.3) is 0 Å². The van der Waals surface area contributed by atoms with Crippen LogP contribution in [0.3, 0.4) is 0 Å². The fourth-order valence-electron chi connectivity index (χ4n) is 1.65. The van der Waals surface area contributed by atoms with Crippen LogP contribution in [0.15, 0.2) is 42.7 Å². The van der Waals surface area contributed by atoms with E-state index in [4.69, 9.17) is 11.6 Å². The van der Waals surface area contributed by atoms with Crippen molar-refractivity contribution < 1.29 is 4.39 Å². The van der Waals surface area contributed by atoms with Gasteiger partial charge in [-0.1, -0.05) is 6.07 Å². The Labute approximate surface area is 105 Å². The van der Waals surface area contributed by atoms with Gasteiger partial charge >= 0.3 is 0 Å². The number of halogens is 2. The van der Waals surface area contributed by atoms with Gasteiger partial charge in [-0.15, -0.1) is 11.6 Å². The van der Waals surface area contributed by atoms with Gasteiger partial charge in [0.1, 0.15) is 5.82 Å². The first-order valence-corrected chi connectivity index (χ1v) is 5.74. The highest BCUT2D eigenvalue weighted by Crippen LogP contribution is 2.27. The monoisotopic (exact) mass is 250 g/mol. The SMILES string of the molecule is CN(c1cccc(F)c1)c1cnccc1CCl. The molecule has 0 unspecified atom stereocenters. The molecular formula is C13H12ClFN2. The summed E-state index contributed by atoms with van der Waals surface area (Å²) in [6, 6.07) is 8.28. The highest BCUT2D eigenvalue weighted by atomic mass is 35.5. The molecule has 0 aliphatic rings. The van der Waals surface area contributed by atoms with Gasteiger partial charge < -0.3 is 4.90 Å². The Hall–Kier alpha value is -1.61. The van der Waals surface area contributed by atoms with Crippen molar-refractivity contribution in [2.24, 2.45) is 0 Å². The van der Waals surface area contributed by atoms with Gasteiger partial charge in [0.15, 0.2) is 0 Å². The van der Waals surface area contributed by atoms with Crippen LogP contribution in [0.2, 0.25) is 0 Å². The summed E-state index contributed by atoms with van der Waals surface area (Å²) in [5, 5.41) is 0. The van der Waals surface area contributed by atoms with E-state index < -0.39 is 0 Å². The van der Waals surface area contributed by atoms with Gasteiger partial charge in [0.05, 0.1) is 11.9 Å². The molecule has 0 saturated heterocycles. The molecule has 0 spiro atoms. The number of pyridine rings is 1. The highest BCUT2D eigenvalue weighted by Gasteiger charge is 2.09. The minimum atomic E-state index is -0.259. The molecule has 0 radical (unpaired) electrons. The maximum Gasteiger partial charge on any atom is 0.125 e. The average Bonchev–Trinajstić information content (AvgIpc) is 2.38. The average molecular weight is 251 g/mol. The summed E-state index contributed by atoms with van der Waals surface area (Å²) in [5.41, 5.74) is 2.62. The lowest BCUT2D eigenvalue weighted by molar-refractivity contribution is 0.628. The summed E-state index contributed by atoms with van der Waals surface area (Å²) in [4.78, 5) is 5.94. The minimum Gasteiger partial charge on any atom is -0.343 e. The third-order valence-corrected chi connectivity index (χ3v) is 2.88. The molecule has 0 aliphatic heterocycles. The molecule has 0 fully saturated rings. The second kappa shape index (κ2) is 5.15. The van der Waals surface area contributed by atoms with Crippen LogP contribution >= 0.6 is 11.6 Å². The summed E-state index contributed by atoms with van der Waals surface area (Å²) < 4.78 is 13.2. The van der Waals surface area contributed by atoms with Gasteiger partial charge in [-0.25, -0.2) is 4.39 Å². The minimum absolute atomic E-state index is 0.259. The van der Waals surface area contributed by atoms with E-state index >= 15 is 0 Å². The number of hydrogen-bond donors (Lipinski definition) is 0. The maximum absolute atomic E-state index is 13.2. The third-order valence-electron chi connectivity index (χ3n) is 2.59. The Kier molecular flexibility index (Phi) is 3.59. The summed E-state index contributed by atoms with van der Waals surface area (Å²) in [5.74, 6) is 0.142. The first-order chi connectivity index (χ1) is 8.22. The zero-order chi connectivity index (χ0) is 12.3. The summed E-state index contributed by atoms with van der Waals surface area (Å²) >= 11 is 5.87. The Morgan fingerprint density at radius 2 is 2.18 bits per heavy atom. The van der Waals surface area contributed by atoms with E-state index in [1.54, 1.807) is 18.5 Å². The highest BCUT2D eigenvalue weighted by molar-refractivity contribution is 6.17. The van der Waals surface area contributed by atoms with Crippen LogP contribution in [-0.4, -0.2) is 12.0 Å². The fraction of sp³-hybridized carbons (Fsp3) is 0.154. The number of rotatable bonds is 3. The molecule has 0 aliphatic carbocycles. The number of nitrogens with zero attached hydrogens (tertiary/aromatic N) is 2. The second-order valence-electron chi connectivity index (χ2n) is 3.68. The van der Waals surface area contributed by atoms with E-state index in [-0.39, 0.29) is 5.82 Å². The van der Waals surface area contributed by atoms with E-state index in [0.29, 0.717) is 5.88 Å². The van der Waals surface area contributed by atoms with Gasteiger partial charge in [-0.05, 0) is 29.8 Å². The van der Waals surface area contributed by atoms with Crippen molar-refractivity contribution in [3.63, 3.8) is 0 Å². The molecule has 2 aromatic rings. The topological polar surface area (TPSA) is 16.1 Å². The molecule has 88 valence electrons. The quantitative estimate of drug-likeness (QED) is 0.772. The van der Waals surface area contributed by atoms with Crippen molar-refractivity contribution in [1.29, 1.82) is 0 Å². The Bertz CT molecular complexity index is 516. The predicted octanol–water partition coefficient (Wildman–Crippen LogP) is 3.73. The first-order valence-electron chi connectivity index (χ1n) is 5.20. The van der Waals surface area contributed by atoms with Gasteiger partial charge in [0.2, 0.25) is 0 Å². The lowest BCUT2D eigenvalue weighted by Gasteiger charge is -2.21. The Morgan fingerprint density at radius 3 is 2.88 bits per heavy atom. The van der Waals surface area contributed by atoms with Gasteiger partial charge in [-0.3, -0.25) is 4.98 Å². The third kappa shape index (κ3) is 2.56. The molecule has 0 amide bonds.